The summed E-state index contributed by atoms with van der Waals surface area (Å²) in [4.78, 5) is 16.4. The van der Waals surface area contributed by atoms with Crippen molar-refractivity contribution in [1.82, 2.24) is 25.2 Å². The number of rotatable bonds is 7. The molecule has 0 radical (unpaired) electrons. The first-order valence-corrected chi connectivity index (χ1v) is 12.1. The Morgan fingerprint density at radius 3 is 2.58 bits per heavy atom. The average Bonchev–Trinajstić information content (AvgIpc) is 3.24. The number of hydrazone groups is 1. The largest absolute Gasteiger partial charge is 0.272 e. The zero-order valence-electron chi connectivity index (χ0n) is 16.8. The fourth-order valence-electron chi connectivity index (χ4n) is 2.82. The number of hydrogen-bond acceptors (Lipinski definition) is 6. The molecule has 2 aromatic heterocycles. The third kappa shape index (κ3) is 6.00. The normalized spacial score (nSPS) is 11.1. The Kier molecular flexibility index (Phi) is 7.77. The number of carbonyl (C=O) groups is 1. The summed E-state index contributed by atoms with van der Waals surface area (Å²) in [6, 6.07) is 16.5. The topological polar surface area (TPSA) is 85.1 Å². The van der Waals surface area contributed by atoms with Crippen molar-refractivity contribution in [1.29, 1.82) is 0 Å². The van der Waals surface area contributed by atoms with Crippen molar-refractivity contribution in [2.24, 2.45) is 5.10 Å². The van der Waals surface area contributed by atoms with Gasteiger partial charge in [-0.15, -0.1) is 10.2 Å². The van der Waals surface area contributed by atoms with Crippen LogP contribution in [-0.2, 0) is 4.79 Å². The number of carbonyl (C=O) groups excluding carboxylic acids is 1. The smallest absolute Gasteiger partial charge is 0.250 e. The molecule has 0 aliphatic rings. The molecule has 0 unspecified atom stereocenters. The molecule has 0 aliphatic heterocycles. The van der Waals surface area contributed by atoms with E-state index in [1.807, 2.05) is 41.0 Å². The minimum atomic E-state index is -0.294. The van der Waals surface area contributed by atoms with Crippen molar-refractivity contribution in [2.75, 3.05) is 5.75 Å². The van der Waals surface area contributed by atoms with Crippen molar-refractivity contribution >= 4 is 63.0 Å². The first-order chi connectivity index (χ1) is 16.0. The van der Waals surface area contributed by atoms with Crippen molar-refractivity contribution in [3.8, 4) is 17.1 Å². The van der Waals surface area contributed by atoms with E-state index in [2.05, 4.69) is 41.6 Å². The van der Waals surface area contributed by atoms with E-state index in [-0.39, 0.29) is 11.7 Å². The van der Waals surface area contributed by atoms with Crippen LogP contribution < -0.4 is 5.43 Å². The van der Waals surface area contributed by atoms with Crippen molar-refractivity contribution < 1.29 is 4.79 Å². The molecule has 0 saturated heterocycles. The second kappa shape index (κ2) is 10.9. The molecular weight excluding hydrogens is 547 g/mol. The van der Waals surface area contributed by atoms with E-state index in [1.165, 1.54) is 18.0 Å². The summed E-state index contributed by atoms with van der Waals surface area (Å²) in [6.07, 6.45) is 4.86. The lowest BCUT2D eigenvalue weighted by molar-refractivity contribution is -0.118. The highest BCUT2D eigenvalue weighted by atomic mass is 79.9. The van der Waals surface area contributed by atoms with Crippen molar-refractivity contribution in [3.63, 3.8) is 0 Å². The molecule has 4 aromatic rings. The SMILES string of the molecule is O=C(CSc1nnc(-c2ccncc2)n1-c1ccc(Br)cc1)NN=Cc1ccc(Cl)cc1Cl. The van der Waals surface area contributed by atoms with E-state index in [1.54, 1.807) is 30.6 Å². The van der Waals surface area contributed by atoms with Crippen LogP contribution in [0, 0.1) is 0 Å². The molecule has 2 aromatic carbocycles. The van der Waals surface area contributed by atoms with E-state index in [0.717, 1.165) is 15.7 Å². The quantitative estimate of drug-likeness (QED) is 0.179. The van der Waals surface area contributed by atoms with Crippen molar-refractivity contribution in [3.05, 3.63) is 87.1 Å². The van der Waals surface area contributed by atoms with E-state index < -0.39 is 0 Å². The van der Waals surface area contributed by atoms with Crippen LogP contribution >= 0.6 is 50.9 Å². The second-order valence-electron chi connectivity index (χ2n) is 6.60. The summed E-state index contributed by atoms with van der Waals surface area (Å²) in [6.45, 7) is 0. The summed E-state index contributed by atoms with van der Waals surface area (Å²) in [7, 11) is 0. The minimum Gasteiger partial charge on any atom is -0.272 e. The first kappa shape index (κ1) is 23.4. The molecule has 0 fully saturated rings. The van der Waals surface area contributed by atoms with Gasteiger partial charge >= 0.3 is 0 Å². The number of amides is 1. The standard InChI is InChI=1S/C22H15BrCl2N6OS/c23-16-2-5-18(6-3-16)31-21(14-7-9-26-10-8-14)29-30-22(31)33-13-20(32)28-27-12-15-1-4-17(24)11-19(15)25/h1-12H,13H2,(H,28,32). The third-order valence-corrected chi connectivity index (χ3v) is 6.36. The molecule has 4 rings (SSSR count). The maximum atomic E-state index is 12.3. The highest BCUT2D eigenvalue weighted by molar-refractivity contribution is 9.10. The number of aromatic nitrogens is 4. The molecule has 2 heterocycles. The fraction of sp³-hybridized carbons (Fsp3) is 0.0455. The van der Waals surface area contributed by atoms with Crippen molar-refractivity contribution in [2.45, 2.75) is 5.16 Å². The van der Waals surface area contributed by atoms with Gasteiger partial charge < -0.3 is 0 Å². The van der Waals surface area contributed by atoms with Crippen LogP contribution in [0.4, 0.5) is 0 Å². The maximum Gasteiger partial charge on any atom is 0.250 e. The Hall–Kier alpha value is -2.72. The summed E-state index contributed by atoms with van der Waals surface area (Å²) < 4.78 is 2.85. The van der Waals surface area contributed by atoms with Gasteiger partial charge in [-0.2, -0.15) is 5.10 Å². The minimum absolute atomic E-state index is 0.0939. The van der Waals surface area contributed by atoms with Crippen LogP contribution in [0.15, 0.2) is 81.7 Å². The lowest BCUT2D eigenvalue weighted by atomic mass is 10.2. The molecule has 0 saturated carbocycles. The summed E-state index contributed by atoms with van der Waals surface area (Å²) >= 11 is 16.7. The Labute approximate surface area is 212 Å². The average molecular weight is 562 g/mol. The van der Waals surface area contributed by atoms with Crippen LogP contribution in [0.3, 0.4) is 0 Å². The molecule has 0 aliphatic carbocycles. The summed E-state index contributed by atoms with van der Waals surface area (Å²) in [5.74, 6) is 0.451. The molecular formula is C22H15BrCl2N6OS. The van der Waals surface area contributed by atoms with Gasteiger partial charge in [-0.1, -0.05) is 57.0 Å². The predicted molar refractivity (Wildman–Crippen MR) is 135 cm³/mol. The van der Waals surface area contributed by atoms with Crippen LogP contribution in [0.25, 0.3) is 17.1 Å². The molecule has 166 valence electrons. The van der Waals surface area contributed by atoms with Crippen LogP contribution in [0.5, 0.6) is 0 Å². The third-order valence-electron chi connectivity index (χ3n) is 4.34. The maximum absolute atomic E-state index is 12.3. The number of pyridine rings is 1. The zero-order valence-corrected chi connectivity index (χ0v) is 20.7. The van der Waals surface area contributed by atoms with E-state index >= 15 is 0 Å². The highest BCUT2D eigenvalue weighted by Gasteiger charge is 2.17. The van der Waals surface area contributed by atoms with Gasteiger partial charge in [0.05, 0.1) is 17.0 Å². The zero-order chi connectivity index (χ0) is 23.2. The molecule has 0 atom stereocenters. The Bertz CT molecular complexity index is 1300. The molecule has 1 N–H and O–H groups in total. The van der Waals surface area contributed by atoms with Gasteiger partial charge in [-0.25, -0.2) is 5.43 Å². The molecule has 0 spiro atoms. The van der Waals surface area contributed by atoms with Gasteiger partial charge in [0.1, 0.15) is 0 Å². The Balaban J connectivity index is 1.49. The number of benzene rings is 2. The summed E-state index contributed by atoms with van der Waals surface area (Å²) in [5, 5.41) is 14.2. The molecule has 33 heavy (non-hydrogen) atoms. The lowest BCUT2D eigenvalue weighted by Gasteiger charge is -2.10. The predicted octanol–water partition coefficient (Wildman–Crippen LogP) is 5.64. The van der Waals surface area contributed by atoms with E-state index in [4.69, 9.17) is 23.2 Å². The van der Waals surface area contributed by atoms with Gasteiger partial charge in [-0.3, -0.25) is 14.3 Å². The monoisotopic (exact) mass is 560 g/mol. The van der Waals surface area contributed by atoms with Crippen LogP contribution in [0.1, 0.15) is 5.56 Å². The number of thioether (sulfide) groups is 1. The van der Waals surface area contributed by atoms with E-state index in [9.17, 15) is 4.79 Å². The second-order valence-corrected chi connectivity index (χ2v) is 9.30. The number of nitrogens with one attached hydrogen (secondary N) is 1. The lowest BCUT2D eigenvalue weighted by Crippen LogP contribution is -2.20. The van der Waals surface area contributed by atoms with Gasteiger partial charge in [0.25, 0.3) is 5.91 Å². The first-order valence-electron chi connectivity index (χ1n) is 9.53. The molecule has 0 bridgehead atoms. The molecule has 11 heteroatoms. The fourth-order valence-corrected chi connectivity index (χ4v) is 4.28. The number of nitrogens with zero attached hydrogens (tertiary/aromatic N) is 5. The molecule has 1 amide bonds. The highest BCUT2D eigenvalue weighted by Crippen LogP contribution is 2.28. The van der Waals surface area contributed by atoms with Crippen LogP contribution in [0.2, 0.25) is 10.0 Å². The number of hydrogen-bond donors (Lipinski definition) is 1. The Morgan fingerprint density at radius 1 is 1.09 bits per heavy atom. The number of halogens is 3. The van der Waals surface area contributed by atoms with Gasteiger partial charge in [0.2, 0.25) is 0 Å². The van der Waals surface area contributed by atoms with Gasteiger partial charge in [0.15, 0.2) is 11.0 Å². The summed E-state index contributed by atoms with van der Waals surface area (Å²) in [5.41, 5.74) is 4.87. The molecule has 7 nitrogen and oxygen atoms in total. The van der Waals surface area contributed by atoms with Crippen LogP contribution in [-0.4, -0.2) is 37.6 Å². The van der Waals surface area contributed by atoms with Gasteiger partial charge in [0, 0.05) is 38.7 Å². The van der Waals surface area contributed by atoms with Gasteiger partial charge in [-0.05, 0) is 48.5 Å². The Morgan fingerprint density at radius 2 is 1.85 bits per heavy atom. The van der Waals surface area contributed by atoms with E-state index in [0.29, 0.717) is 26.6 Å².